The fourth-order valence-electron chi connectivity index (χ4n) is 2.70. The van der Waals surface area contributed by atoms with Crippen LogP contribution in [0, 0.1) is 6.07 Å². The molecule has 0 spiro atoms. The molecule has 0 atom stereocenters. The fraction of sp³-hybridized carbons (Fsp3) is 0.250. The van der Waals surface area contributed by atoms with Crippen molar-refractivity contribution in [2.24, 2.45) is 0 Å². The molecule has 2 aromatic carbocycles. The average Bonchev–Trinajstić information content (AvgIpc) is 2.43. The second kappa shape index (κ2) is 5.33. The van der Waals surface area contributed by atoms with Crippen LogP contribution in [0.5, 0.6) is 0 Å². The van der Waals surface area contributed by atoms with Gasteiger partial charge in [0, 0.05) is 0 Å². The van der Waals surface area contributed by atoms with Gasteiger partial charge in [0.15, 0.2) is 0 Å². The summed E-state index contributed by atoms with van der Waals surface area (Å²) < 4.78 is 0. The first-order valence-electron chi connectivity index (χ1n) is 6.35. The summed E-state index contributed by atoms with van der Waals surface area (Å²) in [5.74, 6) is 0. The first-order chi connectivity index (χ1) is 8.33. The molecule has 0 aliphatic heterocycles. The molecule has 1 heteroatoms. The highest BCUT2D eigenvalue weighted by molar-refractivity contribution is 7.02. The van der Waals surface area contributed by atoms with Crippen LogP contribution in [0.1, 0.15) is 13.8 Å². The van der Waals surface area contributed by atoms with E-state index in [1.54, 1.807) is 5.19 Å². The third kappa shape index (κ3) is 2.20. The Labute approximate surface area is 105 Å². The Bertz CT molecular complexity index is 402. The number of hydrogen-bond donors (Lipinski definition) is 0. The highest BCUT2D eigenvalue weighted by Gasteiger charge is 2.32. The van der Waals surface area contributed by atoms with E-state index in [0.717, 1.165) is 0 Å². The van der Waals surface area contributed by atoms with Crippen LogP contribution >= 0.6 is 0 Å². The van der Waals surface area contributed by atoms with Gasteiger partial charge in [-0.15, -0.1) is 0 Å². The molecule has 17 heavy (non-hydrogen) atoms. The lowest BCUT2D eigenvalue weighted by Crippen LogP contribution is -2.57. The molecule has 2 aromatic rings. The molecule has 87 valence electrons. The van der Waals surface area contributed by atoms with Crippen molar-refractivity contribution in [1.82, 2.24) is 0 Å². The maximum atomic E-state index is 3.13. The van der Waals surface area contributed by atoms with Crippen LogP contribution < -0.4 is 10.4 Å². The predicted molar refractivity (Wildman–Crippen MR) is 77.7 cm³/mol. The topological polar surface area (TPSA) is 0 Å². The second-order valence-electron chi connectivity index (χ2n) is 4.44. The summed E-state index contributed by atoms with van der Waals surface area (Å²) in [5.41, 5.74) is 0. The third-order valence-electron chi connectivity index (χ3n) is 3.80. The number of benzene rings is 2. The molecular weight excluding hydrogens is 220 g/mol. The molecule has 1 radical (unpaired) electrons. The average molecular weight is 239 g/mol. The van der Waals surface area contributed by atoms with Gasteiger partial charge in [-0.3, -0.25) is 0 Å². The zero-order valence-corrected chi connectivity index (χ0v) is 11.6. The quantitative estimate of drug-likeness (QED) is 0.719. The minimum atomic E-state index is -1.52. The van der Waals surface area contributed by atoms with E-state index in [2.05, 4.69) is 62.4 Å². The van der Waals surface area contributed by atoms with Crippen molar-refractivity contribution in [2.75, 3.05) is 0 Å². The van der Waals surface area contributed by atoms with Crippen LogP contribution in [0.25, 0.3) is 0 Å². The van der Waals surface area contributed by atoms with Crippen molar-refractivity contribution in [3.63, 3.8) is 0 Å². The van der Waals surface area contributed by atoms with Crippen LogP contribution in [0.3, 0.4) is 0 Å². The van der Waals surface area contributed by atoms with Crippen LogP contribution in [0.4, 0.5) is 0 Å². The van der Waals surface area contributed by atoms with E-state index in [4.69, 9.17) is 0 Å². The van der Waals surface area contributed by atoms with Crippen LogP contribution in [-0.4, -0.2) is 8.07 Å². The van der Waals surface area contributed by atoms with Gasteiger partial charge in [0.2, 0.25) is 0 Å². The molecule has 0 amide bonds. The first kappa shape index (κ1) is 12.1. The summed E-state index contributed by atoms with van der Waals surface area (Å²) in [6.45, 7) is 4.67. The van der Waals surface area contributed by atoms with E-state index in [9.17, 15) is 0 Å². The highest BCUT2D eigenvalue weighted by atomic mass is 28.3. The number of hydrogen-bond acceptors (Lipinski definition) is 0. The van der Waals surface area contributed by atoms with E-state index in [0.29, 0.717) is 0 Å². The Hall–Kier alpha value is -1.34. The van der Waals surface area contributed by atoms with Crippen molar-refractivity contribution in [3.8, 4) is 0 Å². The lowest BCUT2D eigenvalue weighted by molar-refractivity contribution is 1.29. The van der Waals surface area contributed by atoms with Gasteiger partial charge in [0.1, 0.15) is 8.07 Å². The summed E-state index contributed by atoms with van der Waals surface area (Å²) in [4.78, 5) is 0. The highest BCUT2D eigenvalue weighted by Crippen LogP contribution is 2.15. The van der Waals surface area contributed by atoms with Crippen LogP contribution in [0.15, 0.2) is 54.6 Å². The van der Waals surface area contributed by atoms with Gasteiger partial charge in [0.25, 0.3) is 0 Å². The standard InChI is InChI=1S/C16H19Si/c1-3-17(4-2,15-11-7-5-8-12-15)16-13-9-6-10-14-16/h5,7-14H,3-4H2,1-2H3. The van der Waals surface area contributed by atoms with E-state index in [1.165, 1.54) is 17.3 Å². The molecule has 0 nitrogen and oxygen atoms in total. The summed E-state index contributed by atoms with van der Waals surface area (Å²) in [6.07, 6.45) is 0. The van der Waals surface area contributed by atoms with E-state index >= 15 is 0 Å². The van der Waals surface area contributed by atoms with Gasteiger partial charge in [-0.25, -0.2) is 0 Å². The van der Waals surface area contributed by atoms with E-state index in [-0.39, 0.29) is 0 Å². The molecule has 0 saturated heterocycles. The normalized spacial score (nSPS) is 11.4. The summed E-state index contributed by atoms with van der Waals surface area (Å²) >= 11 is 0. The molecule has 0 saturated carbocycles. The molecule has 0 heterocycles. The predicted octanol–water partition coefficient (Wildman–Crippen LogP) is 3.09. The van der Waals surface area contributed by atoms with E-state index in [1.807, 2.05) is 12.1 Å². The zero-order valence-electron chi connectivity index (χ0n) is 10.6. The molecule has 0 unspecified atom stereocenters. The van der Waals surface area contributed by atoms with Crippen molar-refractivity contribution in [3.05, 3.63) is 60.7 Å². The minimum Gasteiger partial charge on any atom is -0.0672 e. The molecule has 0 N–H and O–H groups in total. The minimum absolute atomic E-state index is 1.26. The van der Waals surface area contributed by atoms with Gasteiger partial charge in [-0.2, -0.15) is 0 Å². The van der Waals surface area contributed by atoms with Crippen molar-refractivity contribution < 1.29 is 0 Å². The Kier molecular flexibility index (Phi) is 3.80. The molecule has 0 aliphatic rings. The summed E-state index contributed by atoms with van der Waals surface area (Å²) in [7, 11) is -1.52. The van der Waals surface area contributed by atoms with Crippen LogP contribution in [0.2, 0.25) is 12.1 Å². The summed E-state index contributed by atoms with van der Waals surface area (Å²) in [6, 6.07) is 25.3. The Morgan fingerprint density at radius 2 is 1.35 bits per heavy atom. The molecular formula is C16H19Si. The SMILES string of the molecule is CC[Si](CC)(c1cc[c]cc1)c1ccccc1. The number of rotatable bonds is 4. The Morgan fingerprint density at radius 1 is 0.824 bits per heavy atom. The third-order valence-corrected chi connectivity index (χ3v) is 9.10. The Morgan fingerprint density at radius 3 is 1.88 bits per heavy atom. The van der Waals surface area contributed by atoms with Gasteiger partial charge >= 0.3 is 0 Å². The Balaban J connectivity index is 2.54. The summed E-state index contributed by atoms with van der Waals surface area (Å²) in [5, 5.41) is 3.09. The molecule has 0 aromatic heterocycles. The van der Waals surface area contributed by atoms with Gasteiger partial charge in [0.05, 0.1) is 0 Å². The second-order valence-corrected chi connectivity index (χ2v) is 9.18. The molecule has 0 aliphatic carbocycles. The molecule has 0 fully saturated rings. The van der Waals surface area contributed by atoms with Gasteiger partial charge in [-0.1, -0.05) is 90.9 Å². The van der Waals surface area contributed by atoms with Gasteiger partial charge < -0.3 is 0 Å². The van der Waals surface area contributed by atoms with Crippen molar-refractivity contribution >= 4 is 18.4 Å². The van der Waals surface area contributed by atoms with Crippen LogP contribution in [-0.2, 0) is 0 Å². The smallest absolute Gasteiger partial charge is 0.0672 e. The largest absolute Gasteiger partial charge is 0.117 e. The van der Waals surface area contributed by atoms with Crippen molar-refractivity contribution in [1.29, 1.82) is 0 Å². The monoisotopic (exact) mass is 239 g/mol. The maximum Gasteiger partial charge on any atom is 0.117 e. The maximum absolute atomic E-state index is 3.13. The van der Waals surface area contributed by atoms with Gasteiger partial charge in [-0.05, 0) is 6.07 Å². The lowest BCUT2D eigenvalue weighted by Gasteiger charge is -2.30. The lowest BCUT2D eigenvalue weighted by atomic mass is 10.4. The molecule has 0 bridgehead atoms. The van der Waals surface area contributed by atoms with Crippen molar-refractivity contribution in [2.45, 2.75) is 25.9 Å². The van der Waals surface area contributed by atoms with E-state index < -0.39 is 8.07 Å². The fourth-order valence-corrected chi connectivity index (χ4v) is 6.80. The molecule has 2 rings (SSSR count). The first-order valence-corrected chi connectivity index (χ1v) is 8.77. The zero-order chi connectivity index (χ0) is 12.1.